The molecular weight excluding hydrogens is 286 g/mol. The first kappa shape index (κ1) is 14.3. The van der Waals surface area contributed by atoms with Crippen LogP contribution in [0.4, 0.5) is 0 Å². The van der Waals surface area contributed by atoms with Gasteiger partial charge in [-0.15, -0.1) is 0 Å². The molecule has 0 spiro atoms. The van der Waals surface area contributed by atoms with Gasteiger partial charge in [-0.05, 0) is 24.3 Å². The van der Waals surface area contributed by atoms with Crippen molar-refractivity contribution >= 4 is 10.9 Å². The third-order valence-electron chi connectivity index (χ3n) is 3.16. The fourth-order valence-corrected chi connectivity index (χ4v) is 2.13. The van der Waals surface area contributed by atoms with Crippen molar-refractivity contribution in [3.63, 3.8) is 0 Å². The molecule has 7 nitrogen and oxygen atoms in total. The van der Waals surface area contributed by atoms with Crippen LogP contribution in [0.3, 0.4) is 0 Å². The summed E-state index contributed by atoms with van der Waals surface area (Å²) >= 11 is 0. The number of ether oxygens (including phenoxy) is 3. The molecular formula is C15H15N3O4. The van der Waals surface area contributed by atoms with Gasteiger partial charge in [0.15, 0.2) is 0 Å². The minimum atomic E-state index is 0.254. The lowest BCUT2D eigenvalue weighted by Gasteiger charge is -2.07. The molecule has 114 valence electrons. The van der Waals surface area contributed by atoms with E-state index in [0.29, 0.717) is 23.2 Å². The van der Waals surface area contributed by atoms with E-state index in [1.54, 1.807) is 21.3 Å². The van der Waals surface area contributed by atoms with E-state index in [1.165, 1.54) is 0 Å². The summed E-state index contributed by atoms with van der Waals surface area (Å²) in [5.74, 6) is 1.98. The Bertz CT molecular complexity index is 801. The molecule has 2 heterocycles. The zero-order chi connectivity index (χ0) is 15.5. The Morgan fingerprint density at radius 1 is 1.05 bits per heavy atom. The predicted molar refractivity (Wildman–Crippen MR) is 78.9 cm³/mol. The molecule has 1 aromatic carbocycles. The minimum Gasteiger partial charge on any atom is -0.497 e. The second kappa shape index (κ2) is 5.98. The Kier molecular flexibility index (Phi) is 3.88. The normalized spacial score (nSPS) is 10.9. The van der Waals surface area contributed by atoms with Crippen LogP contribution in [0.15, 0.2) is 28.8 Å². The van der Waals surface area contributed by atoms with E-state index in [1.807, 2.05) is 24.3 Å². The van der Waals surface area contributed by atoms with E-state index < -0.39 is 0 Å². The maximum atomic E-state index is 5.34. The molecule has 0 bridgehead atoms. The molecule has 0 radical (unpaired) electrons. The number of nitrogens with zero attached hydrogens (tertiary/aromatic N) is 3. The Morgan fingerprint density at radius 3 is 2.64 bits per heavy atom. The maximum absolute atomic E-state index is 5.34. The van der Waals surface area contributed by atoms with Crippen molar-refractivity contribution in [1.29, 1.82) is 0 Å². The highest BCUT2D eigenvalue weighted by Crippen LogP contribution is 2.31. The lowest BCUT2D eigenvalue weighted by Crippen LogP contribution is -1.95. The number of pyridine rings is 1. The van der Waals surface area contributed by atoms with Crippen LogP contribution in [0.5, 0.6) is 11.6 Å². The highest BCUT2D eigenvalue weighted by molar-refractivity contribution is 5.86. The Morgan fingerprint density at radius 2 is 1.91 bits per heavy atom. The number of rotatable bonds is 5. The SMILES string of the molecule is COCc1nc(-c2cc3cc(OC)ccc3nc2OC)no1. The number of hydrogen-bond acceptors (Lipinski definition) is 7. The van der Waals surface area contributed by atoms with Crippen molar-refractivity contribution in [2.24, 2.45) is 0 Å². The lowest BCUT2D eigenvalue weighted by molar-refractivity contribution is 0.151. The van der Waals surface area contributed by atoms with Crippen molar-refractivity contribution in [3.8, 4) is 23.0 Å². The molecule has 0 aliphatic heterocycles. The van der Waals surface area contributed by atoms with Gasteiger partial charge in [0.05, 0.1) is 25.3 Å². The van der Waals surface area contributed by atoms with Crippen molar-refractivity contribution in [2.45, 2.75) is 6.61 Å². The summed E-state index contributed by atoms with van der Waals surface area (Å²) in [5.41, 5.74) is 1.44. The van der Waals surface area contributed by atoms with Gasteiger partial charge in [0.1, 0.15) is 12.4 Å². The Hall–Kier alpha value is -2.67. The van der Waals surface area contributed by atoms with Crippen LogP contribution in [0.1, 0.15) is 5.89 Å². The standard InChI is InChI=1S/C15H15N3O4/c1-19-8-13-17-14(18-22-13)11-7-9-6-10(20-2)4-5-12(9)16-15(11)21-3/h4-7H,8H2,1-3H3. The van der Waals surface area contributed by atoms with E-state index in [0.717, 1.165) is 16.7 Å². The van der Waals surface area contributed by atoms with E-state index >= 15 is 0 Å². The van der Waals surface area contributed by atoms with Crippen molar-refractivity contribution < 1.29 is 18.7 Å². The summed E-state index contributed by atoms with van der Waals surface area (Å²) in [6.07, 6.45) is 0. The van der Waals surface area contributed by atoms with Crippen LogP contribution >= 0.6 is 0 Å². The molecule has 3 rings (SSSR count). The third kappa shape index (κ3) is 2.58. The molecule has 3 aromatic rings. The first-order valence-corrected chi connectivity index (χ1v) is 6.60. The van der Waals surface area contributed by atoms with Gasteiger partial charge in [-0.2, -0.15) is 4.98 Å². The highest BCUT2D eigenvalue weighted by Gasteiger charge is 2.16. The summed E-state index contributed by atoms with van der Waals surface area (Å²) in [7, 11) is 4.74. The maximum Gasteiger partial charge on any atom is 0.252 e. The molecule has 0 aliphatic carbocycles. The second-order valence-electron chi connectivity index (χ2n) is 4.55. The number of hydrogen-bond donors (Lipinski definition) is 0. The molecule has 0 N–H and O–H groups in total. The van der Waals surface area contributed by atoms with E-state index in [-0.39, 0.29) is 6.61 Å². The van der Waals surface area contributed by atoms with Crippen molar-refractivity contribution in [1.82, 2.24) is 15.1 Å². The van der Waals surface area contributed by atoms with Gasteiger partial charge in [0.25, 0.3) is 5.89 Å². The van der Waals surface area contributed by atoms with Crippen molar-refractivity contribution in [3.05, 3.63) is 30.2 Å². The van der Waals surface area contributed by atoms with E-state index in [9.17, 15) is 0 Å². The lowest BCUT2D eigenvalue weighted by atomic mass is 10.1. The van der Waals surface area contributed by atoms with Gasteiger partial charge in [-0.3, -0.25) is 0 Å². The van der Waals surface area contributed by atoms with Crippen LogP contribution in [-0.4, -0.2) is 36.5 Å². The molecule has 0 aliphatic rings. The molecule has 2 aromatic heterocycles. The first-order valence-electron chi connectivity index (χ1n) is 6.60. The molecule has 22 heavy (non-hydrogen) atoms. The number of benzene rings is 1. The van der Waals surface area contributed by atoms with Gasteiger partial charge >= 0.3 is 0 Å². The summed E-state index contributed by atoms with van der Waals surface area (Å²) in [5, 5.41) is 4.84. The zero-order valence-electron chi connectivity index (χ0n) is 12.5. The van der Waals surface area contributed by atoms with Crippen molar-refractivity contribution in [2.75, 3.05) is 21.3 Å². The fraction of sp³-hybridized carbons (Fsp3) is 0.267. The minimum absolute atomic E-state index is 0.254. The van der Waals surface area contributed by atoms with E-state index in [2.05, 4.69) is 15.1 Å². The number of aromatic nitrogens is 3. The average Bonchev–Trinajstić information content (AvgIpc) is 3.01. The number of methoxy groups -OCH3 is 3. The van der Waals surface area contributed by atoms with Crippen LogP contribution in [0, 0.1) is 0 Å². The van der Waals surface area contributed by atoms with Crippen LogP contribution in [-0.2, 0) is 11.3 Å². The van der Waals surface area contributed by atoms with Gasteiger partial charge in [-0.25, -0.2) is 4.98 Å². The van der Waals surface area contributed by atoms with Gasteiger partial charge < -0.3 is 18.7 Å². The molecule has 0 fully saturated rings. The molecule has 0 atom stereocenters. The first-order chi connectivity index (χ1) is 10.7. The van der Waals surface area contributed by atoms with Crippen LogP contribution in [0.2, 0.25) is 0 Å². The van der Waals surface area contributed by atoms with Gasteiger partial charge in [0.2, 0.25) is 11.7 Å². The average molecular weight is 301 g/mol. The summed E-state index contributed by atoms with van der Waals surface area (Å²) < 4.78 is 20.7. The molecule has 0 unspecified atom stereocenters. The van der Waals surface area contributed by atoms with Gasteiger partial charge in [0, 0.05) is 12.5 Å². The summed E-state index contributed by atoms with van der Waals surface area (Å²) in [4.78, 5) is 8.74. The van der Waals surface area contributed by atoms with E-state index in [4.69, 9.17) is 18.7 Å². The molecule has 0 amide bonds. The fourth-order valence-electron chi connectivity index (χ4n) is 2.13. The van der Waals surface area contributed by atoms with Crippen LogP contribution in [0.25, 0.3) is 22.3 Å². The topological polar surface area (TPSA) is 79.5 Å². The summed E-state index contributed by atoms with van der Waals surface area (Å²) in [6, 6.07) is 7.50. The molecule has 0 saturated carbocycles. The summed E-state index contributed by atoms with van der Waals surface area (Å²) in [6.45, 7) is 0.254. The third-order valence-corrected chi connectivity index (χ3v) is 3.16. The quantitative estimate of drug-likeness (QED) is 0.716. The monoisotopic (exact) mass is 301 g/mol. The largest absolute Gasteiger partial charge is 0.497 e. The Balaban J connectivity index is 2.12. The van der Waals surface area contributed by atoms with Crippen LogP contribution < -0.4 is 9.47 Å². The molecule has 0 saturated heterocycles. The Labute approximate surface area is 126 Å². The van der Waals surface area contributed by atoms with Gasteiger partial charge in [-0.1, -0.05) is 5.16 Å². The zero-order valence-corrected chi connectivity index (χ0v) is 12.5. The number of fused-ring (bicyclic) bond motifs is 1. The molecule has 7 heteroatoms. The second-order valence-corrected chi connectivity index (χ2v) is 4.55. The predicted octanol–water partition coefficient (Wildman–Crippen LogP) is 2.45. The smallest absolute Gasteiger partial charge is 0.252 e. The highest BCUT2D eigenvalue weighted by atomic mass is 16.5.